The van der Waals surface area contributed by atoms with E-state index in [1.54, 1.807) is 0 Å². The highest BCUT2D eigenvalue weighted by Crippen LogP contribution is 2.25. The fourth-order valence-electron chi connectivity index (χ4n) is 2.34. The largest absolute Gasteiger partial charge is 0.356 e. The zero-order chi connectivity index (χ0) is 13.7. The van der Waals surface area contributed by atoms with E-state index in [9.17, 15) is 0 Å². The van der Waals surface area contributed by atoms with Crippen LogP contribution in [0, 0.1) is 11.3 Å². The van der Waals surface area contributed by atoms with Gasteiger partial charge in [0.2, 0.25) is 0 Å². The number of pyridine rings is 1. The summed E-state index contributed by atoms with van der Waals surface area (Å²) in [6.45, 7) is 6.34. The lowest BCUT2D eigenvalue weighted by Crippen LogP contribution is -2.26. The van der Waals surface area contributed by atoms with Gasteiger partial charge in [0.15, 0.2) is 0 Å². The van der Waals surface area contributed by atoms with Crippen molar-refractivity contribution < 1.29 is 0 Å². The van der Waals surface area contributed by atoms with E-state index in [2.05, 4.69) is 29.8 Å². The summed E-state index contributed by atoms with van der Waals surface area (Å²) in [4.78, 5) is 6.85. The summed E-state index contributed by atoms with van der Waals surface area (Å²) in [5.41, 5.74) is 0.690. The highest BCUT2D eigenvalue weighted by Gasteiger charge is 2.10. The number of hydrogen-bond acceptors (Lipinski definition) is 3. The van der Waals surface area contributed by atoms with Crippen molar-refractivity contribution in [3.05, 3.63) is 36.0 Å². The number of benzene rings is 1. The molecule has 0 N–H and O–H groups in total. The van der Waals surface area contributed by atoms with Crippen molar-refractivity contribution in [2.45, 2.75) is 26.7 Å². The monoisotopic (exact) mass is 253 g/mol. The highest BCUT2D eigenvalue weighted by molar-refractivity contribution is 5.93. The molecule has 2 aromatic rings. The Balaban J connectivity index is 2.54. The van der Waals surface area contributed by atoms with Gasteiger partial charge in [0, 0.05) is 24.7 Å². The van der Waals surface area contributed by atoms with Gasteiger partial charge in [-0.3, -0.25) is 0 Å². The second kappa shape index (κ2) is 6.19. The van der Waals surface area contributed by atoms with Crippen LogP contribution < -0.4 is 4.90 Å². The maximum atomic E-state index is 9.05. The molecule has 0 spiro atoms. The predicted molar refractivity (Wildman–Crippen MR) is 79.3 cm³/mol. The number of anilines is 1. The third-order valence-corrected chi connectivity index (χ3v) is 3.16. The minimum absolute atomic E-state index is 0.690. The van der Waals surface area contributed by atoms with Gasteiger partial charge in [-0.2, -0.15) is 5.26 Å². The molecule has 1 aromatic heterocycles. The van der Waals surface area contributed by atoms with Gasteiger partial charge in [-0.15, -0.1) is 0 Å². The van der Waals surface area contributed by atoms with Crippen molar-refractivity contribution in [1.29, 1.82) is 5.26 Å². The van der Waals surface area contributed by atoms with Gasteiger partial charge in [0.25, 0.3) is 0 Å². The third-order valence-electron chi connectivity index (χ3n) is 3.16. The lowest BCUT2D eigenvalue weighted by Gasteiger charge is -2.24. The molecule has 0 bridgehead atoms. The molecule has 1 aromatic carbocycles. The molecule has 0 atom stereocenters. The van der Waals surface area contributed by atoms with Crippen LogP contribution in [0.5, 0.6) is 0 Å². The van der Waals surface area contributed by atoms with Crippen LogP contribution in [0.3, 0.4) is 0 Å². The van der Waals surface area contributed by atoms with Crippen LogP contribution in [0.25, 0.3) is 10.8 Å². The average Bonchev–Trinajstić information content (AvgIpc) is 2.46. The maximum Gasteiger partial charge on any atom is 0.136 e. The van der Waals surface area contributed by atoms with Crippen molar-refractivity contribution in [2.24, 2.45) is 0 Å². The lowest BCUT2D eigenvalue weighted by molar-refractivity contribution is 0.737. The van der Waals surface area contributed by atoms with Crippen molar-refractivity contribution in [3.63, 3.8) is 0 Å². The van der Waals surface area contributed by atoms with Gasteiger partial charge >= 0.3 is 0 Å². The van der Waals surface area contributed by atoms with Crippen molar-refractivity contribution in [3.8, 4) is 6.07 Å². The SMILES string of the molecule is CCCN(CCC)c1nccc2ccc(C#N)cc12. The van der Waals surface area contributed by atoms with Gasteiger partial charge in [-0.25, -0.2) is 4.98 Å². The Kier molecular flexibility index (Phi) is 4.35. The molecule has 0 radical (unpaired) electrons. The lowest BCUT2D eigenvalue weighted by atomic mass is 10.1. The molecule has 19 heavy (non-hydrogen) atoms. The molecule has 3 heteroatoms. The summed E-state index contributed by atoms with van der Waals surface area (Å²) < 4.78 is 0. The topological polar surface area (TPSA) is 39.9 Å². The van der Waals surface area contributed by atoms with Gasteiger partial charge in [0.05, 0.1) is 11.6 Å². The normalized spacial score (nSPS) is 10.4. The Labute approximate surface area is 114 Å². The van der Waals surface area contributed by atoms with E-state index in [1.165, 1.54) is 0 Å². The Morgan fingerprint density at radius 1 is 1.16 bits per heavy atom. The molecule has 1 heterocycles. The highest BCUT2D eigenvalue weighted by atomic mass is 15.2. The Morgan fingerprint density at radius 3 is 2.53 bits per heavy atom. The van der Waals surface area contributed by atoms with Gasteiger partial charge in [-0.1, -0.05) is 19.9 Å². The summed E-state index contributed by atoms with van der Waals surface area (Å²) in [7, 11) is 0. The summed E-state index contributed by atoms with van der Waals surface area (Å²) >= 11 is 0. The van der Waals surface area contributed by atoms with E-state index in [0.717, 1.165) is 42.5 Å². The molecule has 98 valence electrons. The second-order valence-electron chi connectivity index (χ2n) is 4.67. The van der Waals surface area contributed by atoms with Crippen molar-refractivity contribution >= 4 is 16.6 Å². The minimum atomic E-state index is 0.690. The van der Waals surface area contributed by atoms with Crippen LogP contribution in [0.2, 0.25) is 0 Å². The van der Waals surface area contributed by atoms with Crippen molar-refractivity contribution in [2.75, 3.05) is 18.0 Å². The fourth-order valence-corrected chi connectivity index (χ4v) is 2.34. The van der Waals surface area contributed by atoms with E-state index in [4.69, 9.17) is 5.26 Å². The summed E-state index contributed by atoms with van der Waals surface area (Å²) in [5.74, 6) is 0.998. The molecule has 0 saturated carbocycles. The van der Waals surface area contributed by atoms with Crippen LogP contribution in [-0.4, -0.2) is 18.1 Å². The number of nitriles is 1. The molecule has 3 nitrogen and oxygen atoms in total. The van der Waals surface area contributed by atoms with Crippen molar-refractivity contribution in [1.82, 2.24) is 4.98 Å². The molecule has 0 fully saturated rings. The molecule has 0 amide bonds. The van der Waals surface area contributed by atoms with E-state index >= 15 is 0 Å². The van der Waals surface area contributed by atoms with Crippen LogP contribution in [0.15, 0.2) is 30.5 Å². The first-order valence-electron chi connectivity index (χ1n) is 6.84. The molecule has 0 aliphatic rings. The van der Waals surface area contributed by atoms with Crippen LogP contribution in [0.1, 0.15) is 32.3 Å². The van der Waals surface area contributed by atoms with E-state index < -0.39 is 0 Å². The van der Waals surface area contributed by atoms with Gasteiger partial charge < -0.3 is 4.90 Å². The minimum Gasteiger partial charge on any atom is -0.356 e. The van der Waals surface area contributed by atoms with Gasteiger partial charge in [0.1, 0.15) is 5.82 Å². The molecule has 2 rings (SSSR count). The molecule has 0 aliphatic carbocycles. The molecule has 0 saturated heterocycles. The van der Waals surface area contributed by atoms with E-state index in [1.807, 2.05) is 30.5 Å². The molecular formula is C16H19N3. The van der Waals surface area contributed by atoms with Crippen LogP contribution >= 0.6 is 0 Å². The summed E-state index contributed by atoms with van der Waals surface area (Å²) in [5, 5.41) is 11.3. The average molecular weight is 253 g/mol. The fraction of sp³-hybridized carbons (Fsp3) is 0.375. The van der Waals surface area contributed by atoms with Crippen LogP contribution in [-0.2, 0) is 0 Å². The Bertz CT molecular complexity index is 592. The predicted octanol–water partition coefficient (Wildman–Crippen LogP) is 3.73. The number of hydrogen-bond donors (Lipinski definition) is 0. The van der Waals surface area contributed by atoms with E-state index in [0.29, 0.717) is 5.56 Å². The Morgan fingerprint density at radius 2 is 1.89 bits per heavy atom. The number of nitrogens with zero attached hydrogens (tertiary/aromatic N) is 3. The first-order chi connectivity index (χ1) is 9.30. The molecule has 0 unspecified atom stereocenters. The first kappa shape index (κ1) is 13.4. The number of fused-ring (bicyclic) bond motifs is 1. The number of aromatic nitrogens is 1. The standard InChI is InChI=1S/C16H19N3/c1-3-9-19(10-4-2)16-15-11-13(12-17)5-6-14(15)7-8-18-16/h5-8,11H,3-4,9-10H2,1-2H3. The van der Waals surface area contributed by atoms with E-state index in [-0.39, 0.29) is 0 Å². The summed E-state index contributed by atoms with van der Waals surface area (Å²) in [6.07, 6.45) is 4.04. The molecular weight excluding hydrogens is 234 g/mol. The summed E-state index contributed by atoms with van der Waals surface area (Å²) in [6, 6.07) is 9.99. The maximum absolute atomic E-state index is 9.05. The quantitative estimate of drug-likeness (QED) is 0.815. The first-order valence-corrected chi connectivity index (χ1v) is 6.84. The van der Waals surface area contributed by atoms with Crippen LogP contribution in [0.4, 0.5) is 5.82 Å². The zero-order valence-corrected chi connectivity index (χ0v) is 11.6. The third kappa shape index (κ3) is 2.85. The molecule has 0 aliphatic heterocycles. The number of rotatable bonds is 5. The zero-order valence-electron chi connectivity index (χ0n) is 11.6. The smallest absolute Gasteiger partial charge is 0.136 e. The Hall–Kier alpha value is -2.08. The second-order valence-corrected chi connectivity index (χ2v) is 4.67. The van der Waals surface area contributed by atoms with Gasteiger partial charge in [-0.05, 0) is 36.4 Å².